The van der Waals surface area contributed by atoms with Crippen LogP contribution in [0.5, 0.6) is 0 Å². The molecule has 0 heterocycles. The molecule has 0 aliphatic carbocycles. The largest absolute Gasteiger partial charge is 0.389 e. The fourth-order valence-electron chi connectivity index (χ4n) is 1.00. The van der Waals surface area contributed by atoms with E-state index >= 15 is 0 Å². The van der Waals surface area contributed by atoms with E-state index in [2.05, 4.69) is 5.32 Å². The average Bonchev–Trinajstić information content (AvgIpc) is 2.21. The van der Waals surface area contributed by atoms with Gasteiger partial charge in [0.2, 0.25) is 0 Å². The third-order valence-electron chi connectivity index (χ3n) is 2.03. The highest BCUT2D eigenvalue weighted by molar-refractivity contribution is 7.91. The van der Waals surface area contributed by atoms with Gasteiger partial charge in [-0.25, -0.2) is 8.42 Å². The Balaban J connectivity index is 3.52. The van der Waals surface area contributed by atoms with Crippen LogP contribution in [0.3, 0.4) is 0 Å². The van der Waals surface area contributed by atoms with Crippen molar-refractivity contribution in [1.82, 2.24) is 5.32 Å². The van der Waals surface area contributed by atoms with Gasteiger partial charge in [0.15, 0.2) is 9.84 Å². The van der Waals surface area contributed by atoms with E-state index in [1.807, 2.05) is 13.8 Å². The molecule has 0 aromatic rings. The summed E-state index contributed by atoms with van der Waals surface area (Å²) in [5.41, 5.74) is 0. The van der Waals surface area contributed by atoms with Crippen LogP contribution in [0, 0.1) is 0 Å². The Bertz CT molecular complexity index is 264. The van der Waals surface area contributed by atoms with E-state index < -0.39 is 15.9 Å². The van der Waals surface area contributed by atoms with Crippen molar-refractivity contribution >= 4 is 9.84 Å². The van der Waals surface area contributed by atoms with E-state index in [1.165, 1.54) is 0 Å². The zero-order chi connectivity index (χ0) is 12.6. The highest BCUT2D eigenvalue weighted by Gasteiger charge is 2.08. The molecule has 98 valence electrons. The first-order valence-electron chi connectivity index (χ1n) is 5.58. The van der Waals surface area contributed by atoms with Crippen molar-refractivity contribution < 1.29 is 18.3 Å². The van der Waals surface area contributed by atoms with Crippen LogP contribution in [0.4, 0.5) is 0 Å². The van der Waals surface area contributed by atoms with Crippen molar-refractivity contribution in [3.63, 3.8) is 0 Å². The lowest BCUT2D eigenvalue weighted by Gasteiger charge is -2.14. The second-order valence-corrected chi connectivity index (χ2v) is 6.45. The van der Waals surface area contributed by atoms with Gasteiger partial charge in [-0.3, -0.25) is 0 Å². The molecule has 0 amide bonds. The molecule has 0 radical (unpaired) electrons. The minimum atomic E-state index is -2.92. The first kappa shape index (κ1) is 15.8. The molecule has 5 nitrogen and oxygen atoms in total. The molecule has 1 unspecified atom stereocenters. The summed E-state index contributed by atoms with van der Waals surface area (Å²) in [6.07, 6.45) is -0.498. The van der Waals surface area contributed by atoms with Gasteiger partial charge in [-0.1, -0.05) is 6.92 Å². The van der Waals surface area contributed by atoms with Crippen molar-refractivity contribution in [1.29, 1.82) is 0 Å². The first-order chi connectivity index (χ1) is 7.37. The van der Waals surface area contributed by atoms with Crippen molar-refractivity contribution in [3.05, 3.63) is 0 Å². The molecule has 0 bridgehead atoms. The quantitative estimate of drug-likeness (QED) is 0.556. The molecule has 2 N–H and O–H groups in total. The normalized spacial score (nSPS) is 14.3. The highest BCUT2D eigenvalue weighted by Crippen LogP contribution is 1.91. The van der Waals surface area contributed by atoms with Gasteiger partial charge >= 0.3 is 0 Å². The van der Waals surface area contributed by atoms with Crippen LogP contribution in [-0.4, -0.2) is 56.9 Å². The number of nitrogens with one attached hydrogen (secondary N) is 1. The van der Waals surface area contributed by atoms with Crippen LogP contribution in [-0.2, 0) is 14.6 Å². The number of ether oxygens (including phenoxy) is 1. The van der Waals surface area contributed by atoms with E-state index in [0.29, 0.717) is 13.1 Å². The van der Waals surface area contributed by atoms with Gasteiger partial charge in [-0.05, 0) is 13.8 Å². The molecule has 0 fully saturated rings. The Morgan fingerprint density at radius 2 is 2.00 bits per heavy atom. The molecule has 0 aliphatic rings. The van der Waals surface area contributed by atoms with Crippen molar-refractivity contribution in [2.45, 2.75) is 33.0 Å². The lowest BCUT2D eigenvalue weighted by atomic mass is 10.3. The second-order valence-electron chi connectivity index (χ2n) is 3.98. The monoisotopic (exact) mass is 253 g/mol. The summed E-state index contributed by atoms with van der Waals surface area (Å²) < 4.78 is 27.5. The van der Waals surface area contributed by atoms with E-state index in [9.17, 15) is 13.5 Å². The molecular weight excluding hydrogens is 230 g/mol. The zero-order valence-electron chi connectivity index (χ0n) is 10.3. The van der Waals surface area contributed by atoms with E-state index in [4.69, 9.17) is 4.74 Å². The number of aliphatic hydroxyl groups excluding tert-OH is 1. The summed E-state index contributed by atoms with van der Waals surface area (Å²) in [5, 5.41) is 12.3. The van der Waals surface area contributed by atoms with Gasteiger partial charge in [0.1, 0.15) is 0 Å². The van der Waals surface area contributed by atoms with Crippen molar-refractivity contribution in [2.24, 2.45) is 0 Å². The molecule has 6 heteroatoms. The highest BCUT2D eigenvalue weighted by atomic mass is 32.2. The third kappa shape index (κ3) is 9.08. The topological polar surface area (TPSA) is 75.6 Å². The summed E-state index contributed by atoms with van der Waals surface area (Å²) in [6, 6.07) is 0. The number of rotatable bonds is 9. The Morgan fingerprint density at radius 1 is 1.38 bits per heavy atom. The minimum absolute atomic E-state index is 0.0927. The van der Waals surface area contributed by atoms with Crippen LogP contribution in [0.2, 0.25) is 0 Å². The average molecular weight is 253 g/mol. The number of hydrogen-bond donors (Lipinski definition) is 2. The van der Waals surface area contributed by atoms with Gasteiger partial charge in [0, 0.05) is 18.8 Å². The van der Waals surface area contributed by atoms with E-state index in [-0.39, 0.29) is 24.2 Å². The molecular formula is C10H23NO4S. The standard InChI is InChI=1S/C10H23NO4S/c1-4-16(13,14)6-5-11-7-10(12)8-15-9(2)3/h9-12H,4-8H2,1-3H3. The predicted molar refractivity (Wildman–Crippen MR) is 64.3 cm³/mol. The van der Waals surface area contributed by atoms with Gasteiger partial charge in [-0.15, -0.1) is 0 Å². The lowest BCUT2D eigenvalue weighted by Crippen LogP contribution is -2.34. The minimum Gasteiger partial charge on any atom is -0.389 e. The van der Waals surface area contributed by atoms with Gasteiger partial charge in [0.25, 0.3) is 0 Å². The summed E-state index contributed by atoms with van der Waals surface area (Å²) >= 11 is 0. The Labute approximate surface area is 98.1 Å². The summed E-state index contributed by atoms with van der Waals surface area (Å²) in [5.74, 6) is 0.273. The summed E-state index contributed by atoms with van der Waals surface area (Å²) in [6.45, 7) is 6.41. The van der Waals surface area contributed by atoms with Crippen LogP contribution in [0.25, 0.3) is 0 Å². The molecule has 0 aromatic carbocycles. The smallest absolute Gasteiger partial charge is 0.151 e. The second kappa shape index (κ2) is 8.00. The molecule has 0 aromatic heterocycles. The van der Waals surface area contributed by atoms with Crippen molar-refractivity contribution in [2.75, 3.05) is 31.2 Å². The number of aliphatic hydroxyl groups is 1. The Hall–Kier alpha value is -0.170. The lowest BCUT2D eigenvalue weighted by molar-refractivity contribution is 0.00663. The molecule has 1 atom stereocenters. The van der Waals surface area contributed by atoms with Gasteiger partial charge in [-0.2, -0.15) is 0 Å². The van der Waals surface area contributed by atoms with E-state index in [0.717, 1.165) is 0 Å². The maximum Gasteiger partial charge on any atom is 0.151 e. The molecule has 0 rings (SSSR count). The fourth-order valence-corrected chi connectivity index (χ4v) is 1.75. The maximum absolute atomic E-state index is 11.1. The van der Waals surface area contributed by atoms with Crippen LogP contribution < -0.4 is 5.32 Å². The summed E-state index contributed by atoms with van der Waals surface area (Å²) in [4.78, 5) is 0. The SMILES string of the molecule is CCS(=O)(=O)CCNCC(O)COC(C)C. The molecule has 0 saturated heterocycles. The number of sulfone groups is 1. The van der Waals surface area contributed by atoms with E-state index in [1.54, 1.807) is 6.92 Å². The third-order valence-corrected chi connectivity index (χ3v) is 3.74. The maximum atomic E-state index is 11.1. The number of hydrogen-bond acceptors (Lipinski definition) is 5. The van der Waals surface area contributed by atoms with Crippen LogP contribution >= 0.6 is 0 Å². The Morgan fingerprint density at radius 3 is 2.50 bits per heavy atom. The Kier molecular flexibility index (Phi) is 7.91. The molecule has 0 aliphatic heterocycles. The fraction of sp³-hybridized carbons (Fsp3) is 1.00. The van der Waals surface area contributed by atoms with Gasteiger partial charge in [0.05, 0.1) is 24.6 Å². The first-order valence-corrected chi connectivity index (χ1v) is 7.40. The van der Waals surface area contributed by atoms with Crippen molar-refractivity contribution in [3.8, 4) is 0 Å². The summed E-state index contributed by atoms with van der Waals surface area (Å²) in [7, 11) is -2.92. The predicted octanol–water partition coefficient (Wildman–Crippen LogP) is -0.203. The molecule has 16 heavy (non-hydrogen) atoms. The van der Waals surface area contributed by atoms with Crippen LogP contribution in [0.15, 0.2) is 0 Å². The van der Waals surface area contributed by atoms with Gasteiger partial charge < -0.3 is 15.2 Å². The van der Waals surface area contributed by atoms with Crippen LogP contribution in [0.1, 0.15) is 20.8 Å². The zero-order valence-corrected chi connectivity index (χ0v) is 11.1. The molecule has 0 spiro atoms. The molecule has 0 saturated carbocycles.